The number of carbonyl (C=O) groups excluding carboxylic acids is 1. The summed E-state index contributed by atoms with van der Waals surface area (Å²) in [6.45, 7) is 0.303. The van der Waals surface area contributed by atoms with Crippen molar-refractivity contribution in [2.24, 2.45) is 0 Å². The van der Waals surface area contributed by atoms with Crippen molar-refractivity contribution in [3.05, 3.63) is 51.3 Å². The number of cyclic esters (lactones) is 1. The van der Waals surface area contributed by atoms with Gasteiger partial charge in [-0.25, -0.2) is 14.6 Å². The highest BCUT2D eigenvalue weighted by Crippen LogP contribution is 2.31. The zero-order valence-corrected chi connectivity index (χ0v) is 17.3. The van der Waals surface area contributed by atoms with E-state index in [0.29, 0.717) is 18.7 Å². The van der Waals surface area contributed by atoms with Crippen LogP contribution in [0.3, 0.4) is 0 Å². The molecule has 0 radical (unpaired) electrons. The van der Waals surface area contributed by atoms with E-state index in [2.05, 4.69) is 20.6 Å². The molecule has 0 saturated heterocycles. The number of carboxylic acids is 1. The van der Waals surface area contributed by atoms with Crippen molar-refractivity contribution in [1.82, 2.24) is 9.97 Å². The number of fused-ring (bicyclic) bond motifs is 1. The maximum atomic E-state index is 11.8. The normalized spacial score (nSPS) is 13.3. The number of aromatic carboxylic acids is 1. The lowest BCUT2D eigenvalue weighted by Gasteiger charge is -2.17. The average molecular weight is 446 g/mol. The van der Waals surface area contributed by atoms with Crippen LogP contribution < -0.4 is 15.5 Å². The molecule has 0 atom stereocenters. The van der Waals surface area contributed by atoms with Crippen molar-refractivity contribution in [1.29, 1.82) is 0 Å². The first-order chi connectivity index (χ1) is 14.4. The molecule has 0 saturated carbocycles. The number of nitrogens with zero attached hydrogens (tertiary/aromatic N) is 3. The molecule has 3 aromatic rings. The zero-order valence-electron chi connectivity index (χ0n) is 15.7. The molecule has 154 valence electrons. The topological polar surface area (TPSA) is 117 Å². The summed E-state index contributed by atoms with van der Waals surface area (Å²) in [5.74, 6) is -0.472. The van der Waals surface area contributed by atoms with E-state index < -0.39 is 5.97 Å². The van der Waals surface area contributed by atoms with Crippen LogP contribution >= 0.6 is 22.9 Å². The number of hydrogen-bond acceptors (Lipinski definition) is 8. The van der Waals surface area contributed by atoms with E-state index in [1.165, 1.54) is 11.1 Å². The Balaban J connectivity index is 1.58. The number of hydrogen-bond donors (Lipinski definition) is 3. The molecule has 4 rings (SSSR count). The van der Waals surface area contributed by atoms with E-state index in [4.69, 9.17) is 16.3 Å². The summed E-state index contributed by atoms with van der Waals surface area (Å²) in [4.78, 5) is 33.3. The predicted molar refractivity (Wildman–Crippen MR) is 115 cm³/mol. The molecule has 3 heterocycles. The van der Waals surface area contributed by atoms with Crippen molar-refractivity contribution < 1.29 is 19.4 Å². The summed E-state index contributed by atoms with van der Waals surface area (Å²) < 4.78 is 5.14. The fourth-order valence-corrected chi connectivity index (χ4v) is 3.80. The van der Waals surface area contributed by atoms with E-state index >= 15 is 0 Å². The van der Waals surface area contributed by atoms with Gasteiger partial charge in [-0.2, -0.15) is 4.98 Å². The Morgan fingerprint density at radius 1 is 1.33 bits per heavy atom. The van der Waals surface area contributed by atoms with E-state index in [-0.39, 0.29) is 27.8 Å². The molecule has 0 bridgehead atoms. The first kappa shape index (κ1) is 19.9. The quantitative estimate of drug-likeness (QED) is 0.525. The molecule has 0 fully saturated rings. The minimum Gasteiger partial charge on any atom is -0.477 e. The van der Waals surface area contributed by atoms with Gasteiger partial charge < -0.3 is 20.5 Å². The van der Waals surface area contributed by atoms with Gasteiger partial charge >= 0.3 is 12.1 Å². The highest BCUT2D eigenvalue weighted by molar-refractivity contribution is 7.12. The standard InChI is InChI=1S/C19H16ClN5O4S/c1-25-14-3-2-11(8-10(14)4-6-29-19(25)28)22-18-21-9-12(20)16(24-18)23-13-5-7-30-15(13)17(26)27/h2-3,5,7-9H,4,6H2,1H3,(H,26,27)(H2,21,22,23,24). The molecular weight excluding hydrogens is 430 g/mol. The minimum atomic E-state index is -1.03. The molecule has 0 aliphatic carbocycles. The van der Waals surface area contributed by atoms with Crippen LogP contribution in [0.25, 0.3) is 0 Å². The van der Waals surface area contributed by atoms with Crippen LogP contribution in [-0.4, -0.2) is 40.8 Å². The van der Waals surface area contributed by atoms with Gasteiger partial charge in [0, 0.05) is 19.2 Å². The van der Waals surface area contributed by atoms with Gasteiger partial charge in [0.15, 0.2) is 5.82 Å². The smallest absolute Gasteiger partial charge is 0.414 e. The van der Waals surface area contributed by atoms with Gasteiger partial charge in [-0.05, 0) is 35.2 Å². The molecule has 1 aliphatic heterocycles. The Morgan fingerprint density at radius 3 is 2.97 bits per heavy atom. The Kier molecular flexibility index (Phi) is 5.42. The van der Waals surface area contributed by atoms with Gasteiger partial charge in [-0.15, -0.1) is 11.3 Å². The van der Waals surface area contributed by atoms with Crippen LogP contribution in [0.1, 0.15) is 15.2 Å². The second-order valence-corrected chi connectivity index (χ2v) is 7.70. The zero-order chi connectivity index (χ0) is 21.3. The third-order valence-corrected chi connectivity index (χ3v) is 5.60. The van der Waals surface area contributed by atoms with Gasteiger partial charge in [-0.1, -0.05) is 11.6 Å². The van der Waals surface area contributed by atoms with Gasteiger partial charge in [0.2, 0.25) is 5.95 Å². The molecule has 11 heteroatoms. The first-order valence-corrected chi connectivity index (χ1v) is 10.1. The molecule has 1 aromatic carbocycles. The summed E-state index contributed by atoms with van der Waals surface area (Å²) >= 11 is 7.28. The number of carbonyl (C=O) groups is 2. The molecule has 2 aromatic heterocycles. The summed E-state index contributed by atoms with van der Waals surface area (Å²) in [7, 11) is 1.66. The predicted octanol–water partition coefficient (Wildman–Crippen LogP) is 4.51. The molecule has 3 N–H and O–H groups in total. The SMILES string of the molecule is CN1C(=O)OCCc2cc(Nc3ncc(Cl)c(Nc4ccsc4C(=O)O)n3)ccc21. The van der Waals surface area contributed by atoms with Gasteiger partial charge in [0.25, 0.3) is 0 Å². The number of thiophene rings is 1. The van der Waals surface area contributed by atoms with Crippen LogP contribution in [-0.2, 0) is 11.2 Å². The molecule has 0 unspecified atom stereocenters. The number of nitrogens with one attached hydrogen (secondary N) is 2. The van der Waals surface area contributed by atoms with Crippen molar-refractivity contribution in [3.8, 4) is 0 Å². The molecule has 30 heavy (non-hydrogen) atoms. The number of ether oxygens (including phenoxy) is 1. The number of benzene rings is 1. The fraction of sp³-hybridized carbons (Fsp3) is 0.158. The largest absolute Gasteiger partial charge is 0.477 e. The van der Waals surface area contributed by atoms with Crippen molar-refractivity contribution in [2.75, 3.05) is 29.2 Å². The summed E-state index contributed by atoms with van der Waals surface area (Å²) in [5, 5.41) is 17.2. The third-order valence-electron chi connectivity index (χ3n) is 4.42. The van der Waals surface area contributed by atoms with Crippen molar-refractivity contribution in [2.45, 2.75) is 6.42 Å². The fourth-order valence-electron chi connectivity index (χ4n) is 2.98. The monoisotopic (exact) mass is 445 g/mol. The Bertz CT molecular complexity index is 1140. The maximum absolute atomic E-state index is 11.8. The van der Waals surface area contributed by atoms with E-state index in [1.54, 1.807) is 24.6 Å². The first-order valence-electron chi connectivity index (χ1n) is 8.83. The van der Waals surface area contributed by atoms with E-state index in [1.807, 2.05) is 12.1 Å². The lowest BCUT2D eigenvalue weighted by molar-refractivity contribution is 0.0703. The van der Waals surface area contributed by atoms with Gasteiger partial charge in [0.05, 0.1) is 24.2 Å². The number of amides is 1. The van der Waals surface area contributed by atoms with Gasteiger partial charge in [-0.3, -0.25) is 4.90 Å². The van der Waals surface area contributed by atoms with Crippen LogP contribution in [0.4, 0.5) is 33.6 Å². The van der Waals surface area contributed by atoms with E-state index in [9.17, 15) is 14.7 Å². The summed E-state index contributed by atoms with van der Waals surface area (Å²) in [6, 6.07) is 7.18. The minimum absolute atomic E-state index is 0.158. The lowest BCUT2D eigenvalue weighted by Crippen LogP contribution is -2.25. The number of anilines is 5. The Hall–Kier alpha value is -3.37. The molecule has 0 spiro atoms. The van der Waals surface area contributed by atoms with Crippen LogP contribution in [0.5, 0.6) is 0 Å². The molecule has 9 nitrogen and oxygen atoms in total. The molecule has 1 aliphatic rings. The summed E-state index contributed by atoms with van der Waals surface area (Å²) in [6.07, 6.45) is 1.63. The highest BCUT2D eigenvalue weighted by Gasteiger charge is 2.20. The average Bonchev–Trinajstić information content (AvgIpc) is 3.13. The van der Waals surface area contributed by atoms with E-state index in [0.717, 1.165) is 28.3 Å². The second-order valence-electron chi connectivity index (χ2n) is 6.38. The Labute approximate surface area is 180 Å². The van der Waals surface area contributed by atoms with Gasteiger partial charge in [0.1, 0.15) is 9.90 Å². The van der Waals surface area contributed by atoms with Crippen LogP contribution in [0, 0.1) is 0 Å². The lowest BCUT2D eigenvalue weighted by atomic mass is 10.1. The van der Waals surface area contributed by atoms with Crippen LogP contribution in [0.2, 0.25) is 5.02 Å². The van der Waals surface area contributed by atoms with Crippen molar-refractivity contribution >= 4 is 63.8 Å². The maximum Gasteiger partial charge on any atom is 0.414 e. The van der Waals surface area contributed by atoms with Crippen molar-refractivity contribution in [3.63, 3.8) is 0 Å². The number of aromatic nitrogens is 2. The molecular formula is C19H16ClN5O4S. The number of halogens is 1. The summed E-state index contributed by atoms with van der Waals surface area (Å²) in [5.41, 5.74) is 2.86. The second kappa shape index (κ2) is 8.17. The van der Waals surface area contributed by atoms with Crippen LogP contribution in [0.15, 0.2) is 35.8 Å². The molecule has 1 amide bonds. The third kappa shape index (κ3) is 4.00. The number of carboxylic acid groups (broad SMARTS) is 1. The highest BCUT2D eigenvalue weighted by atomic mass is 35.5. The number of rotatable bonds is 5. The Morgan fingerprint density at radius 2 is 2.17 bits per heavy atom.